The van der Waals surface area contributed by atoms with E-state index >= 15 is 0 Å². The zero-order valence-electron chi connectivity index (χ0n) is 45.0. The molecule has 3 N–H and O–H groups in total. The van der Waals surface area contributed by atoms with Crippen molar-refractivity contribution in [2.45, 2.75) is 186 Å². The number of nitrogens with zero attached hydrogens (tertiary/aromatic N) is 1. The molecule has 3 heterocycles. The Kier molecular flexibility index (Phi) is 25.6. The van der Waals surface area contributed by atoms with Gasteiger partial charge < -0.3 is 53.4 Å². The fraction of sp³-hybridized carbons (Fsp3) is 0.768. The predicted octanol–water partition coefficient (Wildman–Crippen LogP) is 6.60. The molecule has 1 saturated carbocycles. The minimum absolute atomic E-state index is 0.000907. The van der Waals surface area contributed by atoms with Crippen molar-refractivity contribution < 1.29 is 72.5 Å². The van der Waals surface area contributed by atoms with Crippen LogP contribution in [0.4, 0.5) is 0 Å². The van der Waals surface area contributed by atoms with Crippen molar-refractivity contribution in [3.63, 3.8) is 0 Å². The predicted molar refractivity (Wildman–Crippen MR) is 271 cm³/mol. The van der Waals surface area contributed by atoms with Gasteiger partial charge in [0, 0.05) is 71.7 Å². The largest absolute Gasteiger partial charge is 0.460 e. The van der Waals surface area contributed by atoms with E-state index in [0.717, 1.165) is 18.4 Å². The second-order valence-electron chi connectivity index (χ2n) is 21.1. The quantitative estimate of drug-likeness (QED) is 0.0767. The summed E-state index contributed by atoms with van der Waals surface area (Å²) >= 11 is 0. The van der Waals surface area contributed by atoms with Gasteiger partial charge in [-0.2, -0.15) is 0 Å². The maximum atomic E-state index is 14.6. The van der Waals surface area contributed by atoms with Gasteiger partial charge >= 0.3 is 5.97 Å². The van der Waals surface area contributed by atoms with Gasteiger partial charge in [-0.25, -0.2) is 4.79 Å². The highest BCUT2D eigenvalue weighted by Crippen LogP contribution is 2.38. The van der Waals surface area contributed by atoms with E-state index in [1.807, 2.05) is 58.1 Å². The van der Waals surface area contributed by atoms with Gasteiger partial charge in [0.25, 0.3) is 11.7 Å². The Bertz CT molecular complexity index is 1880. The van der Waals surface area contributed by atoms with Gasteiger partial charge in [-0.05, 0) is 113 Å². The summed E-state index contributed by atoms with van der Waals surface area (Å²) in [5, 5.41) is 32.9. The number of esters is 1. The first-order valence-electron chi connectivity index (χ1n) is 26.6. The number of Topliss-reactive ketones (excluding diaryl/α,β-unsaturated/α-hetero) is 3. The lowest BCUT2D eigenvalue weighted by atomic mass is 9.78. The molecule has 0 radical (unpaired) electrons. The summed E-state index contributed by atoms with van der Waals surface area (Å²) in [7, 11) is 4.61. The van der Waals surface area contributed by atoms with Crippen LogP contribution in [0.5, 0.6) is 0 Å². The normalized spacial score (nSPS) is 35.3. The van der Waals surface area contributed by atoms with E-state index in [9.17, 15) is 39.3 Å². The average molecular weight is 1020 g/mol. The number of ketones is 3. The Balaban J connectivity index is 1.71. The van der Waals surface area contributed by atoms with Crippen LogP contribution < -0.4 is 0 Å². The second kappa shape index (κ2) is 30.2. The van der Waals surface area contributed by atoms with E-state index in [-0.39, 0.29) is 80.5 Å². The minimum Gasteiger partial charge on any atom is -0.460 e. The van der Waals surface area contributed by atoms with E-state index in [4.69, 9.17) is 33.2 Å². The summed E-state index contributed by atoms with van der Waals surface area (Å²) in [5.74, 6) is -8.06. The van der Waals surface area contributed by atoms with Gasteiger partial charge in [0.2, 0.25) is 5.79 Å². The Hall–Kier alpha value is -3.45. The lowest BCUT2D eigenvalue weighted by molar-refractivity contribution is -0.266. The number of rotatable bonds is 13. The molecule has 0 unspecified atom stereocenters. The summed E-state index contributed by atoms with van der Waals surface area (Å²) in [6.45, 7) is 13.9. The number of cyclic esters (lactones) is 1. The lowest BCUT2D eigenvalue weighted by Gasteiger charge is -2.43. The Morgan fingerprint density at radius 2 is 1.58 bits per heavy atom. The number of fused-ring (bicyclic) bond motifs is 3. The summed E-state index contributed by atoms with van der Waals surface area (Å²) < 4.78 is 41.6. The number of piperidine rings is 1. The van der Waals surface area contributed by atoms with Gasteiger partial charge in [0.15, 0.2) is 5.78 Å². The van der Waals surface area contributed by atoms with E-state index in [1.54, 1.807) is 41.1 Å². The Labute approximate surface area is 429 Å². The molecule has 16 nitrogen and oxygen atoms in total. The first-order chi connectivity index (χ1) is 34.3. The number of methoxy groups -OCH3 is 3. The molecular weight excluding hydrogens is 927 g/mol. The van der Waals surface area contributed by atoms with Crippen LogP contribution in [0.3, 0.4) is 0 Å². The van der Waals surface area contributed by atoms with Gasteiger partial charge in [-0.15, -0.1) is 0 Å². The van der Waals surface area contributed by atoms with Crippen molar-refractivity contribution in [3.05, 3.63) is 47.6 Å². The summed E-state index contributed by atoms with van der Waals surface area (Å²) in [4.78, 5) is 72.6. The standard InChI is InChI=1S/C56H89NO15/c1-35-17-12-11-13-18-36(2)47(70-28-27-66-8)33-43-22-20-41(7)56(65,72-43)53(62)54(63)57-24-15-14-19-44(57)55(64)71-48(38(4)31-42-21-23-46(49(32-42)67-9)69-26-16-25-58)34-45(59)37(3)30-40(6)51(61)52(68-10)50(60)39(5)29-35/h11-13,17-18,30,35,37-39,41-44,46-49,51-52,58,61,65H,14-16,19-29,31-34H2,1-10H3/t35-,37-,38-,39-,41-,42+,43+,44+,46-,47+,48+,49-,51-,52+,56-/m1/s1. The number of ether oxygens (including phenoxy) is 7. The SMILES string of the molecule is COCCO[C@H]1C[C@@H]2CC[C@@H](C)[C@@](O)(O2)C(=O)C(=O)N2CCCC[C@H]2C(=O)O[C@H]([C@H](C)C[C@@H]2CC[C@@H](OCCCO)[C@H](OC)C2)CC(=O)[C@H](C)C=C(C)[C@@H](O)[C@@H](OC)C(=O)[C@H](C)C[C@H](C)C=CC=CC=C1C. The zero-order chi connectivity index (χ0) is 53.1. The molecule has 0 spiro atoms. The highest BCUT2D eigenvalue weighted by Gasteiger charge is 2.53. The number of hydrogen-bond donors (Lipinski definition) is 3. The van der Waals surface area contributed by atoms with Crippen LogP contribution in [0.2, 0.25) is 0 Å². The maximum Gasteiger partial charge on any atom is 0.329 e. The number of hydrogen-bond acceptors (Lipinski definition) is 15. The molecule has 1 amide bonds. The van der Waals surface area contributed by atoms with Crippen molar-refractivity contribution >= 4 is 29.2 Å². The molecule has 3 fully saturated rings. The van der Waals surface area contributed by atoms with Gasteiger partial charge in [-0.3, -0.25) is 19.2 Å². The van der Waals surface area contributed by atoms with Crippen LogP contribution >= 0.6 is 0 Å². The van der Waals surface area contributed by atoms with Crippen LogP contribution in [0.15, 0.2) is 47.6 Å². The van der Waals surface area contributed by atoms with E-state index in [2.05, 4.69) is 0 Å². The first kappa shape index (κ1) is 61.1. The van der Waals surface area contributed by atoms with Crippen molar-refractivity contribution in [1.82, 2.24) is 4.90 Å². The van der Waals surface area contributed by atoms with E-state index in [1.165, 1.54) is 12.0 Å². The van der Waals surface area contributed by atoms with E-state index < -0.39 is 77.8 Å². The van der Waals surface area contributed by atoms with Crippen molar-refractivity contribution in [3.8, 4) is 0 Å². The van der Waals surface area contributed by atoms with Crippen LogP contribution in [-0.4, -0.2) is 158 Å². The van der Waals surface area contributed by atoms with Crippen LogP contribution in [0.25, 0.3) is 0 Å². The van der Waals surface area contributed by atoms with Gasteiger partial charge in [0.05, 0.1) is 37.6 Å². The monoisotopic (exact) mass is 1020 g/mol. The molecule has 0 aromatic rings. The average Bonchev–Trinajstić information content (AvgIpc) is 3.36. The first-order valence-corrected chi connectivity index (χ1v) is 26.6. The highest BCUT2D eigenvalue weighted by atomic mass is 16.6. The van der Waals surface area contributed by atoms with Crippen LogP contribution in [-0.2, 0) is 57.1 Å². The van der Waals surface area contributed by atoms with Crippen molar-refractivity contribution in [1.29, 1.82) is 0 Å². The topological polar surface area (TPSA) is 214 Å². The summed E-state index contributed by atoms with van der Waals surface area (Å²) in [6, 6.07) is -1.16. The number of aliphatic hydroxyl groups is 3. The Morgan fingerprint density at radius 1 is 0.833 bits per heavy atom. The number of aliphatic hydroxyl groups excluding tert-OH is 2. The molecule has 408 valence electrons. The van der Waals surface area contributed by atoms with Gasteiger partial charge in [0.1, 0.15) is 30.1 Å². The third-order valence-corrected chi connectivity index (χ3v) is 15.4. The molecule has 72 heavy (non-hydrogen) atoms. The Morgan fingerprint density at radius 3 is 2.28 bits per heavy atom. The number of amides is 1. The minimum atomic E-state index is -2.46. The van der Waals surface area contributed by atoms with Crippen molar-refractivity contribution in [2.24, 2.45) is 35.5 Å². The summed E-state index contributed by atoms with van der Waals surface area (Å²) in [5.41, 5.74) is 1.24. The molecule has 3 aliphatic heterocycles. The molecule has 1 aliphatic carbocycles. The van der Waals surface area contributed by atoms with Crippen LogP contribution in [0, 0.1) is 35.5 Å². The molecule has 4 rings (SSSR count). The molecule has 2 bridgehead atoms. The number of carbonyl (C=O) groups is 5. The lowest BCUT2D eigenvalue weighted by Crippen LogP contribution is -2.61. The zero-order valence-corrected chi connectivity index (χ0v) is 45.0. The van der Waals surface area contributed by atoms with E-state index in [0.29, 0.717) is 70.2 Å². The molecule has 0 aromatic carbocycles. The molecule has 0 aromatic heterocycles. The fourth-order valence-corrected chi connectivity index (χ4v) is 10.8. The van der Waals surface area contributed by atoms with Crippen molar-refractivity contribution in [2.75, 3.05) is 54.3 Å². The van der Waals surface area contributed by atoms with Crippen LogP contribution in [0.1, 0.15) is 132 Å². The third-order valence-electron chi connectivity index (χ3n) is 15.4. The maximum absolute atomic E-state index is 14.6. The molecule has 2 saturated heterocycles. The van der Waals surface area contributed by atoms with Gasteiger partial charge in [-0.1, -0.05) is 71.1 Å². The molecule has 4 aliphatic rings. The number of allylic oxidation sites excluding steroid dienone is 6. The number of carbonyl (C=O) groups excluding carboxylic acids is 5. The highest BCUT2D eigenvalue weighted by molar-refractivity contribution is 6.39. The molecular formula is C56H89NO15. The molecule has 15 atom stereocenters. The summed E-state index contributed by atoms with van der Waals surface area (Å²) in [6.07, 6.45) is 12.4. The smallest absolute Gasteiger partial charge is 0.329 e. The second-order valence-corrected chi connectivity index (χ2v) is 21.1. The third kappa shape index (κ3) is 17.3. The molecule has 16 heteroatoms. The fourth-order valence-electron chi connectivity index (χ4n) is 10.8.